The van der Waals surface area contributed by atoms with Gasteiger partial charge in [-0.05, 0) is 13.0 Å². The molecule has 3 heterocycles. The van der Waals surface area contributed by atoms with Crippen LogP contribution in [0.5, 0.6) is 0 Å². The Kier molecular flexibility index (Phi) is 5.54. The van der Waals surface area contributed by atoms with Crippen LogP contribution in [0.15, 0.2) is 23.2 Å². The average molecular weight is 365 g/mol. The number of aromatic nitrogens is 2. The van der Waals surface area contributed by atoms with Crippen molar-refractivity contribution in [3.63, 3.8) is 0 Å². The van der Waals surface area contributed by atoms with Gasteiger partial charge in [-0.1, -0.05) is 0 Å². The fourth-order valence-electron chi connectivity index (χ4n) is 2.74. The van der Waals surface area contributed by atoms with Crippen molar-refractivity contribution in [1.29, 1.82) is 0 Å². The highest BCUT2D eigenvalue weighted by molar-refractivity contribution is 7.09. The number of carbonyl (C=O) groups excluding carboxylic acids is 2. The molecule has 3 rings (SSSR count). The number of nitrogens with one attached hydrogen (secondary N) is 3. The van der Waals surface area contributed by atoms with Crippen LogP contribution in [0.2, 0.25) is 0 Å². The molecule has 2 aromatic rings. The molecule has 128 valence electrons. The van der Waals surface area contributed by atoms with Gasteiger partial charge in [-0.25, -0.2) is 9.97 Å². The Balaban J connectivity index is 1.55. The lowest BCUT2D eigenvalue weighted by molar-refractivity contribution is -0.135. The van der Waals surface area contributed by atoms with E-state index in [2.05, 4.69) is 25.9 Å². The van der Waals surface area contributed by atoms with Crippen LogP contribution in [-0.4, -0.2) is 34.9 Å². The zero-order valence-electron chi connectivity index (χ0n) is 13.1. The molecule has 1 aliphatic heterocycles. The molecule has 9 heteroatoms. The van der Waals surface area contributed by atoms with Crippen LogP contribution in [0.4, 0.5) is 0 Å². The standard InChI is InChI=1S/C15H19N5O2S2/c21-11(19-8-12-17-3-5-23-12)7-15(1-2-16-10-15)14(22)20-9-13-18-4-6-24-13/h3-6,16H,1-2,7-10H2,(H,19,21)(H,20,22). The summed E-state index contributed by atoms with van der Waals surface area (Å²) in [5.74, 6) is -0.217. The molecule has 0 aliphatic carbocycles. The van der Waals surface area contributed by atoms with Gasteiger partial charge in [0.1, 0.15) is 10.0 Å². The second kappa shape index (κ2) is 7.82. The van der Waals surface area contributed by atoms with Crippen molar-refractivity contribution < 1.29 is 9.59 Å². The van der Waals surface area contributed by atoms with Gasteiger partial charge in [0, 0.05) is 36.1 Å². The third-order valence-corrected chi connectivity index (χ3v) is 5.59. The molecule has 0 bridgehead atoms. The van der Waals surface area contributed by atoms with Crippen molar-refractivity contribution >= 4 is 34.5 Å². The Morgan fingerprint density at radius 1 is 1.12 bits per heavy atom. The van der Waals surface area contributed by atoms with E-state index >= 15 is 0 Å². The highest BCUT2D eigenvalue weighted by Crippen LogP contribution is 2.30. The predicted octanol–water partition coefficient (Wildman–Crippen LogP) is 0.902. The van der Waals surface area contributed by atoms with Gasteiger partial charge >= 0.3 is 0 Å². The van der Waals surface area contributed by atoms with Crippen molar-refractivity contribution in [2.24, 2.45) is 5.41 Å². The first-order valence-electron chi connectivity index (χ1n) is 7.70. The smallest absolute Gasteiger partial charge is 0.228 e. The summed E-state index contributed by atoms with van der Waals surface area (Å²) in [6.07, 6.45) is 4.25. The monoisotopic (exact) mass is 365 g/mol. The molecule has 3 N–H and O–H groups in total. The molecule has 1 aliphatic rings. The molecule has 1 atom stereocenters. The molecular weight excluding hydrogens is 346 g/mol. The fraction of sp³-hybridized carbons (Fsp3) is 0.467. The van der Waals surface area contributed by atoms with Crippen LogP contribution in [0.1, 0.15) is 22.9 Å². The van der Waals surface area contributed by atoms with Gasteiger partial charge in [0.2, 0.25) is 11.8 Å². The Hall–Kier alpha value is -1.84. The number of carbonyl (C=O) groups is 2. The maximum absolute atomic E-state index is 12.7. The number of hydrogen-bond donors (Lipinski definition) is 3. The topological polar surface area (TPSA) is 96.0 Å². The van der Waals surface area contributed by atoms with Crippen molar-refractivity contribution in [3.05, 3.63) is 33.2 Å². The van der Waals surface area contributed by atoms with Gasteiger partial charge in [-0.2, -0.15) is 0 Å². The molecule has 0 spiro atoms. The van der Waals surface area contributed by atoms with Gasteiger partial charge < -0.3 is 16.0 Å². The normalized spacial score (nSPS) is 20.0. The average Bonchev–Trinajstić information content (AvgIpc) is 3.32. The van der Waals surface area contributed by atoms with Crippen LogP contribution in [0, 0.1) is 5.41 Å². The molecule has 1 fully saturated rings. The van der Waals surface area contributed by atoms with Gasteiger partial charge in [0.25, 0.3) is 0 Å². The van der Waals surface area contributed by atoms with E-state index in [1.807, 2.05) is 10.8 Å². The number of thiazole rings is 2. The third-order valence-electron chi connectivity index (χ3n) is 4.03. The molecule has 2 amide bonds. The molecule has 1 saturated heterocycles. The Labute approximate surface area is 147 Å². The van der Waals surface area contributed by atoms with Gasteiger partial charge in [0.05, 0.1) is 18.5 Å². The van der Waals surface area contributed by atoms with E-state index in [1.54, 1.807) is 12.4 Å². The highest BCUT2D eigenvalue weighted by Gasteiger charge is 2.42. The first-order valence-corrected chi connectivity index (χ1v) is 9.46. The molecule has 7 nitrogen and oxygen atoms in total. The van der Waals surface area contributed by atoms with E-state index < -0.39 is 5.41 Å². The number of nitrogens with zero attached hydrogens (tertiary/aromatic N) is 2. The highest BCUT2D eigenvalue weighted by atomic mass is 32.1. The predicted molar refractivity (Wildman–Crippen MR) is 92.5 cm³/mol. The minimum Gasteiger partial charge on any atom is -0.350 e. The maximum Gasteiger partial charge on any atom is 0.228 e. The summed E-state index contributed by atoms with van der Waals surface area (Å²) in [7, 11) is 0. The summed E-state index contributed by atoms with van der Waals surface area (Å²) in [5, 5.41) is 14.4. The van der Waals surface area contributed by atoms with E-state index in [1.165, 1.54) is 22.7 Å². The zero-order valence-corrected chi connectivity index (χ0v) is 14.7. The first kappa shape index (κ1) is 17.0. The van der Waals surface area contributed by atoms with E-state index in [0.717, 1.165) is 16.6 Å². The number of rotatable bonds is 7. The third kappa shape index (κ3) is 4.16. The molecule has 0 aromatic carbocycles. The van der Waals surface area contributed by atoms with Crippen molar-refractivity contribution in [2.45, 2.75) is 25.9 Å². The Bertz CT molecular complexity index is 666. The quantitative estimate of drug-likeness (QED) is 0.678. The van der Waals surface area contributed by atoms with Crippen molar-refractivity contribution in [2.75, 3.05) is 13.1 Å². The van der Waals surface area contributed by atoms with Crippen LogP contribution in [0.3, 0.4) is 0 Å². The van der Waals surface area contributed by atoms with Crippen LogP contribution >= 0.6 is 22.7 Å². The zero-order chi connectivity index (χ0) is 16.8. The molecular formula is C15H19N5O2S2. The summed E-state index contributed by atoms with van der Waals surface area (Å²) in [5.41, 5.74) is -0.690. The Morgan fingerprint density at radius 3 is 2.33 bits per heavy atom. The van der Waals surface area contributed by atoms with Gasteiger partial charge in [-0.3, -0.25) is 9.59 Å². The van der Waals surface area contributed by atoms with Crippen molar-refractivity contribution in [3.8, 4) is 0 Å². The second-order valence-electron chi connectivity index (χ2n) is 5.69. The van der Waals surface area contributed by atoms with Crippen LogP contribution in [-0.2, 0) is 22.7 Å². The summed E-state index contributed by atoms with van der Waals surface area (Å²) in [4.78, 5) is 33.2. The van der Waals surface area contributed by atoms with Crippen LogP contribution in [0.25, 0.3) is 0 Å². The van der Waals surface area contributed by atoms with E-state index in [-0.39, 0.29) is 18.2 Å². The molecule has 0 radical (unpaired) electrons. The number of hydrogen-bond acceptors (Lipinski definition) is 7. The SMILES string of the molecule is O=C(CC1(C(=O)NCc2nccs2)CCNC1)NCc1nccs1. The summed E-state index contributed by atoms with van der Waals surface area (Å²) < 4.78 is 0. The maximum atomic E-state index is 12.7. The second-order valence-corrected chi connectivity index (χ2v) is 7.65. The fourth-order valence-corrected chi connectivity index (χ4v) is 3.85. The minimum atomic E-state index is -0.690. The van der Waals surface area contributed by atoms with Gasteiger partial charge in [0.15, 0.2) is 0 Å². The van der Waals surface area contributed by atoms with Crippen molar-refractivity contribution in [1.82, 2.24) is 25.9 Å². The lowest BCUT2D eigenvalue weighted by Gasteiger charge is -2.26. The molecule has 24 heavy (non-hydrogen) atoms. The molecule has 0 saturated carbocycles. The molecule has 2 aromatic heterocycles. The summed E-state index contributed by atoms with van der Waals surface area (Å²) in [6, 6.07) is 0. The first-order chi connectivity index (χ1) is 11.7. The van der Waals surface area contributed by atoms with E-state index in [4.69, 9.17) is 0 Å². The van der Waals surface area contributed by atoms with Crippen LogP contribution < -0.4 is 16.0 Å². The largest absolute Gasteiger partial charge is 0.350 e. The lowest BCUT2D eigenvalue weighted by Crippen LogP contribution is -2.45. The summed E-state index contributed by atoms with van der Waals surface area (Å²) in [6.45, 7) is 2.06. The number of amides is 2. The Morgan fingerprint density at radius 2 is 1.79 bits per heavy atom. The van der Waals surface area contributed by atoms with Gasteiger partial charge in [-0.15, -0.1) is 22.7 Å². The minimum absolute atomic E-state index is 0.0906. The lowest BCUT2D eigenvalue weighted by atomic mass is 9.82. The van der Waals surface area contributed by atoms with E-state index in [9.17, 15) is 9.59 Å². The molecule has 1 unspecified atom stereocenters. The van der Waals surface area contributed by atoms with E-state index in [0.29, 0.717) is 26.1 Å². The summed E-state index contributed by atoms with van der Waals surface area (Å²) >= 11 is 3.00.